The summed E-state index contributed by atoms with van der Waals surface area (Å²) in [6, 6.07) is 0. The molecule has 0 aliphatic carbocycles. The van der Waals surface area contributed by atoms with Crippen molar-refractivity contribution < 1.29 is 15.4 Å². The number of hydrogen-bond acceptors (Lipinski definition) is 5. The molecule has 0 unspecified atom stereocenters. The van der Waals surface area contributed by atoms with Crippen LogP contribution in [0.1, 0.15) is 0 Å². The molecule has 8 heavy (non-hydrogen) atoms. The van der Waals surface area contributed by atoms with Crippen LogP contribution >= 0.6 is 0 Å². The molecule has 4 radical (unpaired) electrons. The van der Waals surface area contributed by atoms with E-state index in [0.717, 1.165) is 0 Å². The van der Waals surface area contributed by atoms with E-state index in [1.54, 1.807) is 0 Å². The molecule has 0 N–H and O–H groups in total. The molecule has 1 heterocycles. The van der Waals surface area contributed by atoms with Crippen molar-refractivity contribution in [3.63, 3.8) is 0 Å². The molecule has 0 amide bonds. The summed E-state index contributed by atoms with van der Waals surface area (Å²) in [5, 5.41) is 0. The van der Waals surface area contributed by atoms with Crippen LogP contribution in [0.3, 0.4) is 0 Å². The van der Waals surface area contributed by atoms with E-state index in [0.29, 0.717) is 0 Å². The van der Waals surface area contributed by atoms with E-state index in [2.05, 4.69) is 4.27 Å². The molecule has 1 fully saturated rings. The van der Waals surface area contributed by atoms with Gasteiger partial charge in [-0.2, -0.15) is 0 Å². The molecular weight excluding hydrogens is 526 g/mol. The fourth-order valence-corrected chi connectivity index (χ4v) is 2.36. The maximum absolute atomic E-state index is 9.69. The van der Waals surface area contributed by atoms with Gasteiger partial charge in [0.2, 0.25) is 0 Å². The zero-order valence-corrected chi connectivity index (χ0v) is 12.0. The number of hydrogen-bond donors (Lipinski definition) is 0. The van der Waals surface area contributed by atoms with Crippen molar-refractivity contribution in [3.8, 4) is 0 Å². The van der Waals surface area contributed by atoms with E-state index in [1.807, 2.05) is 0 Å². The summed E-state index contributed by atoms with van der Waals surface area (Å²) in [5.74, 6) is 0. The molecule has 1 saturated heterocycles. The first kappa shape index (κ1) is 9.51. The third-order valence-electron chi connectivity index (χ3n) is 0.272. The van der Waals surface area contributed by atoms with Crippen LogP contribution < -0.4 is 0 Å². The van der Waals surface area contributed by atoms with Crippen LogP contribution in [0.4, 0.5) is 0 Å². The molecule has 1 aliphatic heterocycles. The second kappa shape index (κ2) is 4.35. The van der Waals surface area contributed by atoms with Gasteiger partial charge in [0.15, 0.2) is 0 Å². The van der Waals surface area contributed by atoms with E-state index in [4.69, 9.17) is 2.69 Å². The number of rotatable bonds is 0. The summed E-state index contributed by atoms with van der Waals surface area (Å²) in [7, 11) is -3.40. The maximum atomic E-state index is 9.69. The average molecular weight is 526 g/mol. The second-order valence-electron chi connectivity index (χ2n) is 0.658. The van der Waals surface area contributed by atoms with Gasteiger partial charge in [-0.3, -0.25) is 0 Å². The molecule has 1 aliphatic rings. The summed E-state index contributed by atoms with van der Waals surface area (Å²) in [5.41, 5.74) is 0. The summed E-state index contributed by atoms with van der Waals surface area (Å²) in [4.78, 5) is 0. The average Bonchev–Trinajstić information content (AvgIpc) is 1.69. The predicted octanol–water partition coefficient (Wildman–Crippen LogP) is -1.69. The minimum atomic E-state index is -3.40. The first-order chi connectivity index (χ1) is 3.71. The molecule has 1 rings (SSSR count). The Morgan fingerprint density at radius 2 is 1.50 bits per heavy atom. The van der Waals surface area contributed by atoms with E-state index < -0.39 is 35.5 Å². The van der Waals surface area contributed by atoms with Gasteiger partial charge in [-0.05, 0) is 0 Å². The zero-order valence-electron chi connectivity index (χ0n) is 3.45. The van der Waals surface area contributed by atoms with Crippen LogP contribution in [0.25, 0.3) is 0 Å². The van der Waals surface area contributed by atoms with E-state index in [-0.39, 0.29) is 25.8 Å². The summed E-state index contributed by atoms with van der Waals surface area (Å²) < 4.78 is 35.9. The fraction of sp³-hybridized carbons (Fsp3) is 0. The van der Waals surface area contributed by atoms with Gasteiger partial charge in [-0.1, -0.05) is 0 Å². The Bertz CT molecular complexity index is 136. The van der Waals surface area contributed by atoms with Crippen molar-refractivity contribution in [2.45, 2.75) is 0 Å². The topological polar surface area (TPSA) is 69.7 Å². The van der Waals surface area contributed by atoms with Gasteiger partial charge in [-0.25, -0.2) is 0 Å². The standard InChI is InChI=1S/H2O4S.O.2Pb/c1-5(2,3)4;;;/h(H2,1,2,3,4);;;/q;;;+2/p-2. The van der Waals surface area contributed by atoms with Crippen LogP contribution in [0.5, 0.6) is 0 Å². The molecule has 5 nitrogen and oxygen atoms in total. The molecule has 0 spiro atoms. The third kappa shape index (κ3) is 3.52. The van der Waals surface area contributed by atoms with E-state index >= 15 is 0 Å². The van der Waals surface area contributed by atoms with Gasteiger partial charge in [0, 0.05) is 0 Å². The van der Waals surface area contributed by atoms with E-state index in [9.17, 15) is 8.42 Å². The molecule has 44 valence electrons. The molecule has 0 atom stereocenters. The summed E-state index contributed by atoms with van der Waals surface area (Å²) >= 11 is -1.42. The fourth-order valence-electron chi connectivity index (χ4n) is 0.0896. The van der Waals surface area contributed by atoms with Crippen LogP contribution in [0, 0.1) is 0 Å². The SMILES string of the molecule is O=S1(=O)[O][Pb][O]1.[O]=[Pb]. The van der Waals surface area contributed by atoms with Crippen molar-refractivity contribution in [1.82, 2.24) is 0 Å². The Morgan fingerprint density at radius 1 is 1.25 bits per heavy atom. The van der Waals surface area contributed by atoms with Gasteiger partial charge < -0.3 is 0 Å². The van der Waals surface area contributed by atoms with Gasteiger partial charge in [0.05, 0.1) is 0 Å². The van der Waals surface area contributed by atoms with Crippen molar-refractivity contribution in [2.24, 2.45) is 0 Å². The van der Waals surface area contributed by atoms with Crippen LogP contribution in [-0.4, -0.2) is 59.3 Å². The molecule has 8 heteroatoms. The van der Waals surface area contributed by atoms with Gasteiger partial charge in [0.25, 0.3) is 0 Å². The Hall–Kier alpha value is 1.51. The molecule has 0 aromatic heterocycles. The first-order valence-electron chi connectivity index (χ1n) is 1.28. The molecule has 0 saturated carbocycles. The van der Waals surface area contributed by atoms with Crippen LogP contribution in [0.15, 0.2) is 0 Å². The van der Waals surface area contributed by atoms with Crippen LogP contribution in [0.2, 0.25) is 0 Å². The van der Waals surface area contributed by atoms with Gasteiger partial charge in [0.1, 0.15) is 0 Å². The predicted molar refractivity (Wildman–Crippen MR) is 23.3 cm³/mol. The molecular formula is O5Pb2S. The van der Waals surface area contributed by atoms with Crippen molar-refractivity contribution in [3.05, 3.63) is 0 Å². The first-order valence-corrected chi connectivity index (χ1v) is 7.37. The van der Waals surface area contributed by atoms with E-state index in [1.165, 1.54) is 0 Å². The molecule has 0 aromatic carbocycles. The quantitative estimate of drug-likeness (QED) is 0.353. The van der Waals surface area contributed by atoms with Crippen molar-refractivity contribution in [1.29, 1.82) is 0 Å². The Kier molecular flexibility index (Phi) is 5.17. The zero-order chi connectivity index (χ0) is 6.62. The Balaban J connectivity index is 0.000000222. The monoisotopic (exact) mass is 528 g/mol. The Morgan fingerprint density at radius 3 is 1.50 bits per heavy atom. The second-order valence-corrected chi connectivity index (χ2v) is 6.34. The van der Waals surface area contributed by atoms with Crippen molar-refractivity contribution >= 4 is 61.3 Å². The normalized spacial score (nSPS) is 22.0. The van der Waals surface area contributed by atoms with Gasteiger partial charge in [-0.15, -0.1) is 0 Å². The third-order valence-corrected chi connectivity index (χ3v) is 7.16. The van der Waals surface area contributed by atoms with Crippen LogP contribution in [-0.2, 0) is 17.4 Å². The minimum absolute atomic E-state index is 0.0556. The summed E-state index contributed by atoms with van der Waals surface area (Å²) in [6.07, 6.45) is 0. The summed E-state index contributed by atoms with van der Waals surface area (Å²) in [6.45, 7) is 0. The molecule has 0 aromatic rings. The van der Waals surface area contributed by atoms with Crippen molar-refractivity contribution in [2.75, 3.05) is 0 Å². The Labute approximate surface area is 75.7 Å². The molecule has 0 bridgehead atoms. The van der Waals surface area contributed by atoms with Gasteiger partial charge >= 0.3 is 76.7 Å².